The quantitative estimate of drug-likeness (QED) is 0.253. The third-order valence-corrected chi connectivity index (χ3v) is 11.3. The summed E-state index contributed by atoms with van der Waals surface area (Å²) >= 11 is 0. The van der Waals surface area contributed by atoms with Gasteiger partial charge < -0.3 is 19.0 Å². The lowest BCUT2D eigenvalue weighted by Gasteiger charge is -2.44. The number of carboxylic acid groups (broad SMARTS) is 1. The van der Waals surface area contributed by atoms with Gasteiger partial charge in [0, 0.05) is 11.8 Å². The summed E-state index contributed by atoms with van der Waals surface area (Å²) in [4.78, 5) is 12.0. The van der Waals surface area contributed by atoms with E-state index in [1.165, 1.54) is 0 Å². The summed E-state index contributed by atoms with van der Waals surface area (Å²) in [5.41, 5.74) is 1.03. The summed E-state index contributed by atoms with van der Waals surface area (Å²) in [6.45, 7) is 20.9. The first kappa shape index (κ1) is 29.1. The van der Waals surface area contributed by atoms with Crippen molar-refractivity contribution in [1.29, 1.82) is 0 Å². The number of hydrogen-bond donors (Lipinski definition) is 1. The van der Waals surface area contributed by atoms with Crippen LogP contribution in [0.1, 0.15) is 47.1 Å². The molecule has 6 heteroatoms. The van der Waals surface area contributed by atoms with Crippen LogP contribution in [-0.2, 0) is 20.6 Å². The Morgan fingerprint density at radius 2 is 1.70 bits per heavy atom. The highest BCUT2D eigenvalue weighted by atomic mass is 28.4. The zero-order chi connectivity index (χ0) is 25.4. The molecule has 0 spiro atoms. The molecule has 0 unspecified atom stereocenters. The normalized spacial score (nSPS) is 17.2. The Hall–Kier alpha value is -1.89. The van der Waals surface area contributed by atoms with E-state index in [0.29, 0.717) is 6.61 Å². The van der Waals surface area contributed by atoms with Crippen molar-refractivity contribution in [3.8, 4) is 5.75 Å². The number of carboxylic acids is 1. The lowest BCUT2D eigenvalue weighted by atomic mass is 9.84. The predicted octanol–water partition coefficient (Wildman–Crippen LogP) is 6.71. The lowest BCUT2D eigenvalue weighted by Crippen LogP contribution is -2.51. The van der Waals surface area contributed by atoms with Crippen LogP contribution in [-0.4, -0.2) is 38.7 Å². The van der Waals surface area contributed by atoms with E-state index in [-0.39, 0.29) is 23.0 Å². The molecule has 1 aromatic carbocycles. The number of benzene rings is 1. The summed E-state index contributed by atoms with van der Waals surface area (Å²) < 4.78 is 18.4. The molecule has 0 radical (unpaired) electrons. The molecular weight excluding hydrogens is 432 g/mol. The highest BCUT2D eigenvalue weighted by molar-refractivity contribution is 6.74. The Balaban J connectivity index is 3.26. The second-order valence-electron chi connectivity index (χ2n) is 10.4. The van der Waals surface area contributed by atoms with Gasteiger partial charge in [0.15, 0.2) is 8.32 Å². The van der Waals surface area contributed by atoms with E-state index < -0.39 is 26.3 Å². The maximum Gasteiger partial charge on any atom is 0.308 e. The van der Waals surface area contributed by atoms with Crippen LogP contribution < -0.4 is 4.74 Å². The summed E-state index contributed by atoms with van der Waals surface area (Å²) in [5.74, 6) is -0.815. The van der Waals surface area contributed by atoms with Gasteiger partial charge >= 0.3 is 5.97 Å². The van der Waals surface area contributed by atoms with Crippen molar-refractivity contribution >= 4 is 14.3 Å². The van der Waals surface area contributed by atoms with E-state index in [1.54, 1.807) is 20.1 Å². The first-order valence-corrected chi connectivity index (χ1v) is 14.6. The largest absolute Gasteiger partial charge is 0.497 e. The van der Waals surface area contributed by atoms with E-state index in [4.69, 9.17) is 13.9 Å². The maximum atomic E-state index is 12.0. The van der Waals surface area contributed by atoms with Gasteiger partial charge in [-0.1, -0.05) is 71.6 Å². The van der Waals surface area contributed by atoms with Crippen LogP contribution in [0.4, 0.5) is 0 Å². The molecular formula is C27H44O5Si. The molecule has 0 aromatic heterocycles. The number of aliphatic carboxylic acids is 1. The van der Waals surface area contributed by atoms with E-state index in [9.17, 15) is 9.90 Å². The molecule has 1 aromatic rings. The van der Waals surface area contributed by atoms with Gasteiger partial charge in [-0.05, 0) is 42.8 Å². The third kappa shape index (κ3) is 8.43. The number of allylic oxidation sites excluding steroid dienone is 2. The molecule has 0 aliphatic heterocycles. The standard InChI is InChI=1S/C27H44O5Si/c1-11-12-13-19(2)24(31-18-22-14-16-23(30-8)17-15-22)20(3)25(21(4)26(28)29)32-33(9,10)27(5,6)7/h11-17,19-21,24-25H,1,18H2,2-10H3,(H,28,29)/t19-,20+,21+,24-,25-/m0/s1. The molecule has 0 heterocycles. The van der Waals surface area contributed by atoms with Crippen molar-refractivity contribution in [2.45, 2.75) is 78.5 Å². The highest BCUT2D eigenvalue weighted by Crippen LogP contribution is 2.40. The molecule has 0 amide bonds. The molecule has 1 rings (SSSR count). The zero-order valence-electron chi connectivity index (χ0n) is 21.9. The first-order chi connectivity index (χ1) is 15.2. The van der Waals surface area contributed by atoms with E-state index in [0.717, 1.165) is 11.3 Å². The first-order valence-electron chi connectivity index (χ1n) is 11.7. The van der Waals surface area contributed by atoms with Gasteiger partial charge in [-0.15, -0.1) is 0 Å². The Morgan fingerprint density at radius 3 is 2.15 bits per heavy atom. The summed E-state index contributed by atoms with van der Waals surface area (Å²) in [7, 11) is -0.568. The van der Waals surface area contributed by atoms with Crippen LogP contribution in [0, 0.1) is 17.8 Å². The number of ether oxygens (including phenoxy) is 2. The topological polar surface area (TPSA) is 65.0 Å². The molecule has 33 heavy (non-hydrogen) atoms. The molecule has 5 atom stereocenters. The van der Waals surface area contributed by atoms with Gasteiger partial charge in [0.1, 0.15) is 5.75 Å². The number of rotatable bonds is 13. The van der Waals surface area contributed by atoms with Gasteiger partial charge in [-0.3, -0.25) is 4.79 Å². The second-order valence-corrected chi connectivity index (χ2v) is 15.2. The number of carbonyl (C=O) groups is 1. The molecule has 0 bridgehead atoms. The number of methoxy groups -OCH3 is 1. The average molecular weight is 477 g/mol. The average Bonchev–Trinajstić information content (AvgIpc) is 2.75. The Bertz CT molecular complexity index is 779. The molecule has 0 fully saturated rings. The Morgan fingerprint density at radius 1 is 1.12 bits per heavy atom. The summed E-state index contributed by atoms with van der Waals surface area (Å²) in [6, 6.07) is 7.78. The van der Waals surface area contributed by atoms with E-state index in [1.807, 2.05) is 37.3 Å². The molecule has 5 nitrogen and oxygen atoms in total. The minimum absolute atomic E-state index is 0.0308. The van der Waals surface area contributed by atoms with Gasteiger partial charge in [-0.2, -0.15) is 0 Å². The van der Waals surface area contributed by atoms with Crippen molar-refractivity contribution in [1.82, 2.24) is 0 Å². The molecule has 0 saturated carbocycles. The summed E-state index contributed by atoms with van der Waals surface area (Å²) in [6.07, 6.45) is 5.00. The fraction of sp³-hybridized carbons (Fsp3) is 0.593. The molecule has 186 valence electrons. The fourth-order valence-corrected chi connectivity index (χ4v) is 5.02. The van der Waals surface area contributed by atoms with E-state index in [2.05, 4.69) is 53.4 Å². The van der Waals surface area contributed by atoms with Crippen molar-refractivity contribution in [2.75, 3.05) is 7.11 Å². The second kappa shape index (κ2) is 12.5. The minimum Gasteiger partial charge on any atom is -0.497 e. The van der Waals surface area contributed by atoms with Gasteiger partial charge in [0.2, 0.25) is 0 Å². The molecule has 0 aliphatic carbocycles. The van der Waals surface area contributed by atoms with Gasteiger partial charge in [0.25, 0.3) is 0 Å². The molecule has 0 saturated heterocycles. The SMILES string of the molecule is C=CC=C[C@H](C)[C@H](OCc1ccc(OC)cc1)[C@@H](C)[C@H](O[Si](C)(C)C(C)(C)C)[C@@H](C)C(=O)O. The maximum absolute atomic E-state index is 12.0. The van der Waals surface area contributed by atoms with E-state index >= 15 is 0 Å². The zero-order valence-corrected chi connectivity index (χ0v) is 22.9. The van der Waals surface area contributed by atoms with Gasteiger partial charge in [0.05, 0.1) is 31.8 Å². The van der Waals surface area contributed by atoms with Crippen molar-refractivity contribution in [3.05, 3.63) is 54.6 Å². The van der Waals surface area contributed by atoms with Crippen LogP contribution in [0.3, 0.4) is 0 Å². The van der Waals surface area contributed by atoms with Crippen LogP contribution in [0.2, 0.25) is 18.1 Å². The lowest BCUT2D eigenvalue weighted by molar-refractivity contribution is -0.148. The third-order valence-electron chi connectivity index (χ3n) is 6.83. The van der Waals surface area contributed by atoms with Crippen LogP contribution >= 0.6 is 0 Å². The highest BCUT2D eigenvalue weighted by Gasteiger charge is 2.44. The van der Waals surface area contributed by atoms with Crippen LogP contribution in [0.5, 0.6) is 5.75 Å². The van der Waals surface area contributed by atoms with Gasteiger partial charge in [-0.25, -0.2) is 0 Å². The molecule has 1 N–H and O–H groups in total. The monoisotopic (exact) mass is 476 g/mol. The Kier molecular flexibility index (Phi) is 11.1. The summed E-state index contributed by atoms with van der Waals surface area (Å²) in [5, 5.41) is 9.84. The van der Waals surface area contributed by atoms with Crippen LogP contribution in [0.25, 0.3) is 0 Å². The van der Waals surface area contributed by atoms with Crippen molar-refractivity contribution in [2.24, 2.45) is 17.8 Å². The fourth-order valence-electron chi connectivity index (χ4n) is 3.57. The predicted molar refractivity (Wildman–Crippen MR) is 138 cm³/mol. The molecule has 0 aliphatic rings. The smallest absolute Gasteiger partial charge is 0.308 e. The van der Waals surface area contributed by atoms with Crippen LogP contribution in [0.15, 0.2) is 49.1 Å². The Labute approximate surface area is 202 Å². The number of hydrogen-bond acceptors (Lipinski definition) is 4. The van der Waals surface area contributed by atoms with Crippen molar-refractivity contribution < 1.29 is 23.8 Å². The minimum atomic E-state index is -2.21. The van der Waals surface area contributed by atoms with Crippen molar-refractivity contribution in [3.63, 3.8) is 0 Å².